The van der Waals surface area contributed by atoms with E-state index in [0.717, 1.165) is 0 Å². The van der Waals surface area contributed by atoms with Gasteiger partial charge in [0.2, 0.25) is 6.79 Å². The van der Waals surface area contributed by atoms with E-state index in [1.165, 1.54) is 0 Å². The van der Waals surface area contributed by atoms with Crippen molar-refractivity contribution >= 4 is 15.9 Å². The van der Waals surface area contributed by atoms with E-state index in [2.05, 4.69) is 15.9 Å². The summed E-state index contributed by atoms with van der Waals surface area (Å²) in [4.78, 5) is 0. The number of aliphatic hydroxyl groups is 2. The zero-order valence-corrected chi connectivity index (χ0v) is 10.2. The summed E-state index contributed by atoms with van der Waals surface area (Å²) in [7, 11) is 0. The minimum absolute atomic E-state index is 0.207. The molecule has 0 radical (unpaired) electrons. The Kier molecular flexibility index (Phi) is 3.68. The van der Waals surface area contributed by atoms with Crippen LogP contribution >= 0.6 is 15.9 Å². The zero-order valence-electron chi connectivity index (χ0n) is 8.60. The van der Waals surface area contributed by atoms with Gasteiger partial charge in [0, 0.05) is 5.33 Å². The lowest BCUT2D eigenvalue weighted by molar-refractivity contribution is 0.0173. The number of hydrogen-bond donors (Lipinski definition) is 2. The highest BCUT2D eigenvalue weighted by Gasteiger charge is 2.21. The van der Waals surface area contributed by atoms with E-state index in [9.17, 15) is 10.2 Å². The van der Waals surface area contributed by atoms with Crippen LogP contribution in [0.2, 0.25) is 0 Å². The fourth-order valence-corrected chi connectivity index (χ4v) is 2.06. The second-order valence-corrected chi connectivity index (χ2v) is 4.40. The molecule has 0 saturated heterocycles. The van der Waals surface area contributed by atoms with Crippen molar-refractivity contribution in [2.75, 3.05) is 12.1 Å². The van der Waals surface area contributed by atoms with E-state index in [0.29, 0.717) is 28.8 Å². The van der Waals surface area contributed by atoms with Gasteiger partial charge >= 0.3 is 0 Å². The largest absolute Gasteiger partial charge is 0.454 e. The third-order valence-electron chi connectivity index (χ3n) is 2.51. The Morgan fingerprint density at radius 2 is 2.00 bits per heavy atom. The average molecular weight is 289 g/mol. The summed E-state index contributed by atoms with van der Waals surface area (Å²) in [5.41, 5.74) is 0.637. The van der Waals surface area contributed by atoms with Crippen molar-refractivity contribution in [2.45, 2.75) is 18.6 Å². The molecule has 0 amide bonds. The quantitative estimate of drug-likeness (QED) is 0.827. The summed E-state index contributed by atoms with van der Waals surface area (Å²) in [6.07, 6.45) is -1.18. The first-order chi connectivity index (χ1) is 7.72. The number of aliphatic hydroxyl groups excluding tert-OH is 2. The highest BCUT2D eigenvalue weighted by Crippen LogP contribution is 2.35. The smallest absolute Gasteiger partial charge is 0.231 e. The fraction of sp³-hybridized carbons (Fsp3) is 0.455. The molecule has 0 spiro atoms. The Labute approximate surface area is 102 Å². The molecule has 1 aliphatic heterocycles. The van der Waals surface area contributed by atoms with Crippen molar-refractivity contribution < 1.29 is 19.7 Å². The van der Waals surface area contributed by atoms with E-state index in [4.69, 9.17) is 9.47 Å². The van der Waals surface area contributed by atoms with Crippen LogP contribution in [-0.2, 0) is 0 Å². The normalized spacial score (nSPS) is 17.2. The lowest BCUT2D eigenvalue weighted by atomic mass is 10.0. The molecule has 4 nitrogen and oxygen atoms in total. The summed E-state index contributed by atoms with van der Waals surface area (Å²) in [6.45, 7) is 0.207. The van der Waals surface area contributed by atoms with E-state index in [-0.39, 0.29) is 6.79 Å². The molecule has 2 N–H and O–H groups in total. The van der Waals surface area contributed by atoms with Crippen LogP contribution in [0.4, 0.5) is 0 Å². The van der Waals surface area contributed by atoms with E-state index < -0.39 is 12.2 Å². The molecule has 0 aromatic heterocycles. The highest BCUT2D eigenvalue weighted by molar-refractivity contribution is 9.09. The van der Waals surface area contributed by atoms with Crippen LogP contribution in [0.1, 0.15) is 18.1 Å². The van der Waals surface area contributed by atoms with Crippen LogP contribution in [-0.4, -0.2) is 28.4 Å². The molecule has 2 atom stereocenters. The molecule has 5 heteroatoms. The Bertz CT molecular complexity index is 369. The zero-order chi connectivity index (χ0) is 11.5. The predicted octanol–water partition coefficient (Wildman–Crippen LogP) is 1.59. The summed E-state index contributed by atoms with van der Waals surface area (Å²) in [5.74, 6) is 1.29. The maximum Gasteiger partial charge on any atom is 0.231 e. The minimum atomic E-state index is -0.896. The Morgan fingerprint density at radius 1 is 1.25 bits per heavy atom. The topological polar surface area (TPSA) is 58.9 Å². The molecule has 2 rings (SSSR count). The summed E-state index contributed by atoms with van der Waals surface area (Å²) < 4.78 is 10.4. The molecule has 16 heavy (non-hydrogen) atoms. The number of fused-ring (bicyclic) bond motifs is 1. The predicted molar refractivity (Wildman–Crippen MR) is 61.9 cm³/mol. The van der Waals surface area contributed by atoms with Gasteiger partial charge in [-0.25, -0.2) is 0 Å². The first-order valence-electron chi connectivity index (χ1n) is 5.04. The van der Waals surface area contributed by atoms with Gasteiger partial charge in [-0.2, -0.15) is 0 Å². The molecule has 0 saturated carbocycles. The average Bonchev–Trinajstić information content (AvgIpc) is 2.75. The number of alkyl halides is 1. The van der Waals surface area contributed by atoms with E-state index in [1.54, 1.807) is 18.2 Å². The van der Waals surface area contributed by atoms with Crippen molar-refractivity contribution in [3.63, 3.8) is 0 Å². The molecule has 0 bridgehead atoms. The molecule has 1 heterocycles. The third kappa shape index (κ3) is 2.31. The van der Waals surface area contributed by atoms with Crippen molar-refractivity contribution in [2.24, 2.45) is 0 Å². The van der Waals surface area contributed by atoms with Crippen molar-refractivity contribution in [3.8, 4) is 11.5 Å². The van der Waals surface area contributed by atoms with Crippen LogP contribution in [0.25, 0.3) is 0 Å². The maximum absolute atomic E-state index is 9.88. The van der Waals surface area contributed by atoms with Gasteiger partial charge in [-0.05, 0) is 24.1 Å². The van der Waals surface area contributed by atoms with Crippen molar-refractivity contribution in [3.05, 3.63) is 23.8 Å². The van der Waals surface area contributed by atoms with Crippen LogP contribution in [0.3, 0.4) is 0 Å². The lowest BCUT2D eigenvalue weighted by Crippen LogP contribution is -2.18. The third-order valence-corrected chi connectivity index (χ3v) is 2.97. The first-order valence-corrected chi connectivity index (χ1v) is 6.16. The Balaban J connectivity index is 2.14. The van der Waals surface area contributed by atoms with Gasteiger partial charge in [0.05, 0.1) is 6.10 Å². The second kappa shape index (κ2) is 5.03. The van der Waals surface area contributed by atoms with Crippen molar-refractivity contribution in [1.82, 2.24) is 0 Å². The fourth-order valence-electron chi connectivity index (χ4n) is 1.59. The Hall–Kier alpha value is -0.780. The van der Waals surface area contributed by atoms with Gasteiger partial charge in [0.1, 0.15) is 6.10 Å². The van der Waals surface area contributed by atoms with Crippen LogP contribution < -0.4 is 9.47 Å². The molecule has 1 aliphatic rings. The number of rotatable bonds is 4. The number of halogens is 1. The minimum Gasteiger partial charge on any atom is -0.454 e. The summed E-state index contributed by atoms with van der Waals surface area (Å²) in [6, 6.07) is 5.17. The van der Waals surface area contributed by atoms with Gasteiger partial charge in [-0.3, -0.25) is 0 Å². The molecule has 1 aromatic carbocycles. The lowest BCUT2D eigenvalue weighted by Gasteiger charge is -2.17. The molecule has 0 aliphatic carbocycles. The SMILES string of the molecule is OC(CCBr)C(O)c1ccc2c(c1)OCO2. The number of ether oxygens (including phenoxy) is 2. The van der Waals surface area contributed by atoms with Crippen molar-refractivity contribution in [1.29, 1.82) is 0 Å². The maximum atomic E-state index is 9.88. The van der Waals surface area contributed by atoms with Crippen LogP contribution in [0.5, 0.6) is 11.5 Å². The highest BCUT2D eigenvalue weighted by atomic mass is 79.9. The standard InChI is InChI=1S/C11H13BrO4/c12-4-3-8(13)11(14)7-1-2-9-10(5-7)16-6-15-9/h1-2,5,8,11,13-14H,3-4,6H2. The van der Waals surface area contributed by atoms with Crippen LogP contribution in [0.15, 0.2) is 18.2 Å². The van der Waals surface area contributed by atoms with Gasteiger partial charge in [0.15, 0.2) is 11.5 Å². The van der Waals surface area contributed by atoms with Gasteiger partial charge in [0.25, 0.3) is 0 Å². The summed E-state index contributed by atoms with van der Waals surface area (Å²) >= 11 is 3.22. The molecule has 1 aromatic rings. The molecular formula is C11H13BrO4. The van der Waals surface area contributed by atoms with E-state index >= 15 is 0 Å². The monoisotopic (exact) mass is 288 g/mol. The number of hydrogen-bond acceptors (Lipinski definition) is 4. The molecule has 0 fully saturated rings. The van der Waals surface area contributed by atoms with Gasteiger partial charge in [-0.15, -0.1) is 0 Å². The number of benzene rings is 1. The Morgan fingerprint density at radius 3 is 2.75 bits per heavy atom. The van der Waals surface area contributed by atoms with Crippen LogP contribution in [0, 0.1) is 0 Å². The second-order valence-electron chi connectivity index (χ2n) is 3.60. The van der Waals surface area contributed by atoms with Gasteiger partial charge < -0.3 is 19.7 Å². The molecular weight excluding hydrogens is 276 g/mol. The van der Waals surface area contributed by atoms with E-state index in [1.807, 2.05) is 0 Å². The van der Waals surface area contributed by atoms with Gasteiger partial charge in [-0.1, -0.05) is 22.0 Å². The molecule has 2 unspecified atom stereocenters. The first kappa shape index (κ1) is 11.7. The summed E-state index contributed by atoms with van der Waals surface area (Å²) in [5, 5.41) is 20.2. The molecule has 88 valence electrons.